The van der Waals surface area contributed by atoms with Crippen LogP contribution in [-0.2, 0) is 40.9 Å². The van der Waals surface area contributed by atoms with Gasteiger partial charge in [0.1, 0.15) is 11.9 Å². The molecule has 2 aliphatic rings. The van der Waals surface area contributed by atoms with Gasteiger partial charge in [-0.05, 0) is 71.8 Å². The molecule has 2 fully saturated rings. The van der Waals surface area contributed by atoms with Gasteiger partial charge < -0.3 is 24.5 Å². The first-order valence-electron chi connectivity index (χ1n) is 16.0. The summed E-state index contributed by atoms with van der Waals surface area (Å²) in [6, 6.07) is 14.7. The zero-order valence-electron chi connectivity index (χ0n) is 27.3. The van der Waals surface area contributed by atoms with Gasteiger partial charge in [0.05, 0.1) is 23.8 Å². The minimum atomic E-state index is -1.33. The van der Waals surface area contributed by atoms with E-state index in [1.165, 1.54) is 11.0 Å². The van der Waals surface area contributed by atoms with E-state index in [-0.39, 0.29) is 37.1 Å². The highest BCUT2D eigenvalue weighted by atomic mass is 35.5. The molecule has 252 valence electrons. The van der Waals surface area contributed by atoms with Crippen LogP contribution >= 0.6 is 11.6 Å². The Kier molecular flexibility index (Phi) is 11.1. The summed E-state index contributed by atoms with van der Waals surface area (Å²) in [5.74, 6) is -0.732. The number of aromatic nitrogens is 1. The van der Waals surface area contributed by atoms with Gasteiger partial charge in [-0.25, -0.2) is 4.39 Å². The quantitative estimate of drug-likeness (QED) is 0.174. The number of likely N-dealkylation sites (tertiary alicyclic amines) is 1. The number of carbonyl (C=O) groups excluding carboxylic acids is 2. The van der Waals surface area contributed by atoms with Gasteiger partial charge in [0.15, 0.2) is 0 Å². The number of nitrogens with one attached hydrogen (secondary N) is 2. The van der Waals surface area contributed by atoms with Crippen LogP contribution in [0, 0.1) is 11.7 Å². The normalized spacial score (nSPS) is 20.2. The number of methoxy groups -OCH3 is 1. The molecule has 0 bridgehead atoms. The van der Waals surface area contributed by atoms with Crippen LogP contribution in [0.15, 0.2) is 67.0 Å². The van der Waals surface area contributed by atoms with Crippen molar-refractivity contribution < 1.29 is 22.9 Å². The highest BCUT2D eigenvalue weighted by Gasteiger charge is 2.40. The lowest BCUT2D eigenvalue weighted by molar-refractivity contribution is -0.136. The SMILES string of the molecule is COC1CC(C(=O)Nc2cc(C(CCC3CC3)(NC=[S-](=O)C(C)(C)C)c3ccncc3)ccc2F)N(C(=O)Cc2ccc(Cl)cc2)C1. The molecule has 1 saturated heterocycles. The average Bonchev–Trinajstić information content (AvgIpc) is 3.78. The highest BCUT2D eigenvalue weighted by Crippen LogP contribution is 2.42. The van der Waals surface area contributed by atoms with Crippen LogP contribution in [0.25, 0.3) is 0 Å². The molecule has 47 heavy (non-hydrogen) atoms. The van der Waals surface area contributed by atoms with E-state index in [4.69, 9.17) is 16.3 Å². The number of carbonyl (C=O) groups is 2. The van der Waals surface area contributed by atoms with Crippen LogP contribution in [0.3, 0.4) is 0 Å². The maximum atomic E-state index is 15.5. The number of anilines is 1. The van der Waals surface area contributed by atoms with Crippen molar-refractivity contribution in [1.82, 2.24) is 15.2 Å². The van der Waals surface area contributed by atoms with Crippen molar-refractivity contribution in [2.24, 2.45) is 5.92 Å². The van der Waals surface area contributed by atoms with Crippen molar-refractivity contribution in [2.45, 2.75) is 81.7 Å². The summed E-state index contributed by atoms with van der Waals surface area (Å²) in [6.07, 6.45) is 7.34. The summed E-state index contributed by atoms with van der Waals surface area (Å²) in [4.78, 5) is 32.9. The maximum absolute atomic E-state index is 15.5. The topological polar surface area (TPSA) is 101 Å². The van der Waals surface area contributed by atoms with Gasteiger partial charge in [0.2, 0.25) is 11.8 Å². The standard InChI is InChI=1S/C36H43ClFN4O4S/c1-35(2,3)47(45)23-40-36(16-13-24-5-6-24,26-14-17-39-18-15-26)27-9-12-30(38)31(20-27)41-34(44)32-21-29(46-4)22-42(32)33(43)19-25-7-10-28(37)11-8-25/h7-12,14-15,17-18,20,23-24,29,32,40H,5-6,13,16,19,21-22H2,1-4H3,(H,41,44)/q-1. The molecule has 1 aliphatic carbocycles. The number of hydrogen-bond acceptors (Lipinski definition) is 6. The number of amides is 2. The van der Waals surface area contributed by atoms with E-state index in [9.17, 15) is 13.8 Å². The second kappa shape index (κ2) is 14.8. The predicted molar refractivity (Wildman–Crippen MR) is 185 cm³/mol. The molecule has 2 heterocycles. The largest absolute Gasteiger partial charge is 0.460 e. The average molecular weight is 682 g/mol. The summed E-state index contributed by atoms with van der Waals surface area (Å²) >= 11 is 6.01. The molecule has 2 aromatic carbocycles. The van der Waals surface area contributed by atoms with Crippen LogP contribution in [0.5, 0.6) is 0 Å². The van der Waals surface area contributed by atoms with Gasteiger partial charge in [-0.2, -0.15) is 0 Å². The molecule has 0 radical (unpaired) electrons. The monoisotopic (exact) mass is 681 g/mol. The van der Waals surface area contributed by atoms with Gasteiger partial charge in [-0.3, -0.25) is 25.0 Å². The molecule has 11 heteroatoms. The van der Waals surface area contributed by atoms with E-state index in [2.05, 4.69) is 15.6 Å². The zero-order chi connectivity index (χ0) is 33.8. The Hall–Kier alpha value is -3.31. The number of rotatable bonds is 12. The molecule has 0 spiro atoms. The molecule has 5 rings (SSSR count). The molecule has 3 aromatic rings. The minimum Gasteiger partial charge on any atom is -0.460 e. The van der Waals surface area contributed by atoms with Crippen molar-refractivity contribution >= 4 is 45.0 Å². The van der Waals surface area contributed by atoms with Gasteiger partial charge in [0.25, 0.3) is 0 Å². The van der Waals surface area contributed by atoms with Crippen molar-refractivity contribution in [3.8, 4) is 0 Å². The van der Waals surface area contributed by atoms with E-state index >= 15 is 4.39 Å². The molecule has 1 saturated carbocycles. The number of hydrogen-bond donors (Lipinski definition) is 2. The second-order valence-corrected chi connectivity index (χ2v) is 15.9. The molecule has 2 amide bonds. The molecule has 3 atom stereocenters. The van der Waals surface area contributed by atoms with Crippen LogP contribution in [0.4, 0.5) is 10.1 Å². The Bertz CT molecular complexity index is 1660. The van der Waals surface area contributed by atoms with Crippen molar-refractivity contribution in [1.29, 1.82) is 0 Å². The van der Waals surface area contributed by atoms with Gasteiger partial charge in [-0.15, -0.1) is 5.49 Å². The van der Waals surface area contributed by atoms with Crippen LogP contribution in [0.2, 0.25) is 5.02 Å². The van der Waals surface area contributed by atoms with E-state index in [1.54, 1.807) is 61.4 Å². The number of benzene rings is 2. The molecule has 8 nitrogen and oxygen atoms in total. The molecular weight excluding hydrogens is 639 g/mol. The Morgan fingerprint density at radius 1 is 1.09 bits per heavy atom. The van der Waals surface area contributed by atoms with Crippen LogP contribution in [-0.4, -0.2) is 57.7 Å². The lowest BCUT2D eigenvalue weighted by Gasteiger charge is -2.38. The van der Waals surface area contributed by atoms with Crippen LogP contribution < -0.4 is 10.6 Å². The number of pyridine rings is 1. The van der Waals surface area contributed by atoms with Gasteiger partial charge >= 0.3 is 0 Å². The predicted octanol–water partition coefficient (Wildman–Crippen LogP) is 6.22. The first-order valence-corrected chi connectivity index (χ1v) is 17.6. The summed E-state index contributed by atoms with van der Waals surface area (Å²) in [5, 5.41) is 6.87. The van der Waals surface area contributed by atoms with Crippen molar-refractivity contribution in [3.63, 3.8) is 0 Å². The zero-order valence-corrected chi connectivity index (χ0v) is 28.9. The molecule has 1 aromatic heterocycles. The van der Waals surface area contributed by atoms with E-state index < -0.39 is 38.4 Å². The van der Waals surface area contributed by atoms with Crippen LogP contribution in [0.1, 0.15) is 69.6 Å². The van der Waals surface area contributed by atoms with Gasteiger partial charge in [0, 0.05) is 37.5 Å². The summed E-state index contributed by atoms with van der Waals surface area (Å²) < 4.78 is 33.8. The first-order chi connectivity index (χ1) is 22.4. The number of halogens is 2. The lowest BCUT2D eigenvalue weighted by atomic mass is 9.79. The fourth-order valence-electron chi connectivity index (χ4n) is 5.96. The molecule has 3 unspecified atom stereocenters. The number of nitrogens with zero attached hydrogens (tertiary/aromatic N) is 2. The summed E-state index contributed by atoms with van der Waals surface area (Å²) in [7, 11) is 0.217. The summed E-state index contributed by atoms with van der Waals surface area (Å²) in [5.41, 5.74) is 3.13. The van der Waals surface area contributed by atoms with Crippen molar-refractivity contribution in [2.75, 3.05) is 19.0 Å². The highest BCUT2D eigenvalue weighted by molar-refractivity contribution is 7.84. The minimum absolute atomic E-state index is 0.00191. The van der Waals surface area contributed by atoms with E-state index in [0.717, 1.165) is 30.4 Å². The maximum Gasteiger partial charge on any atom is 0.247 e. The molecule has 2 N–H and O–H groups in total. The second-order valence-electron chi connectivity index (χ2n) is 13.4. The van der Waals surface area contributed by atoms with E-state index in [0.29, 0.717) is 22.9 Å². The lowest BCUT2D eigenvalue weighted by Crippen LogP contribution is -2.45. The number of ether oxygens (including phenoxy) is 1. The first kappa shape index (κ1) is 35.0. The fraction of sp³-hybridized carbons (Fsp3) is 0.444. The summed E-state index contributed by atoms with van der Waals surface area (Å²) in [6.45, 7) is 5.98. The third-order valence-corrected chi connectivity index (χ3v) is 10.8. The van der Waals surface area contributed by atoms with E-state index in [1.807, 2.05) is 32.9 Å². The Morgan fingerprint density at radius 3 is 2.43 bits per heavy atom. The Morgan fingerprint density at radius 2 is 1.79 bits per heavy atom. The third-order valence-electron chi connectivity index (χ3n) is 9.02. The third kappa shape index (κ3) is 8.59. The molecule has 1 aliphatic heterocycles. The van der Waals surface area contributed by atoms with Crippen molar-refractivity contribution in [3.05, 3.63) is 94.5 Å². The van der Waals surface area contributed by atoms with Gasteiger partial charge in [-0.1, -0.05) is 68.2 Å². The Labute approximate surface area is 283 Å². The smallest absolute Gasteiger partial charge is 0.247 e. The molecular formula is C36H43ClFN4O4S-. The Balaban J connectivity index is 1.47. The fourth-order valence-corrected chi connectivity index (χ4v) is 6.75.